The highest BCUT2D eigenvalue weighted by Crippen LogP contribution is 2.29. The van der Waals surface area contributed by atoms with E-state index >= 15 is 0 Å². The van der Waals surface area contributed by atoms with E-state index in [4.69, 9.17) is 0 Å². The summed E-state index contributed by atoms with van der Waals surface area (Å²) in [5.74, 6) is 0.478. The maximum absolute atomic E-state index is 10.9. The van der Waals surface area contributed by atoms with Gasteiger partial charge in [0.25, 0.3) is 0 Å². The Hall–Kier alpha value is -1.64. The first-order valence-electron chi connectivity index (χ1n) is 5.36. The number of aryl methyl sites for hydroxylation is 1. The highest BCUT2D eigenvalue weighted by molar-refractivity contribution is 5.85. The van der Waals surface area contributed by atoms with Crippen LogP contribution < -0.4 is 0 Å². The van der Waals surface area contributed by atoms with Crippen LogP contribution in [-0.4, -0.2) is 15.8 Å². The minimum Gasteiger partial charge on any atom is -0.325 e. The van der Waals surface area contributed by atoms with Gasteiger partial charge in [0.2, 0.25) is 0 Å². The highest BCUT2D eigenvalue weighted by Gasteiger charge is 2.19. The molecular weight excluding hydrogens is 200 g/mol. The van der Waals surface area contributed by atoms with Gasteiger partial charge in [-0.2, -0.15) is 0 Å². The van der Waals surface area contributed by atoms with Gasteiger partial charge in [0.05, 0.1) is 11.0 Å². The second kappa shape index (κ2) is 3.44. The van der Waals surface area contributed by atoms with Crippen LogP contribution in [0.25, 0.3) is 11.0 Å². The number of fused-ring (bicyclic) bond motifs is 1. The molecule has 84 valence electrons. The minimum absolute atomic E-state index is 0.0357. The van der Waals surface area contributed by atoms with E-state index in [1.807, 2.05) is 23.7 Å². The van der Waals surface area contributed by atoms with Gasteiger partial charge in [-0.05, 0) is 17.0 Å². The van der Waals surface area contributed by atoms with E-state index in [1.54, 1.807) is 0 Å². The lowest BCUT2D eigenvalue weighted by Gasteiger charge is -2.19. The molecular formula is C13H16N2O. The second-order valence-corrected chi connectivity index (χ2v) is 5.07. The molecule has 0 atom stereocenters. The number of carbonyl (C=O) groups is 1. The molecule has 0 unspecified atom stereocenters. The number of aldehydes is 1. The Morgan fingerprint density at radius 3 is 2.56 bits per heavy atom. The summed E-state index contributed by atoms with van der Waals surface area (Å²) in [7, 11) is 1.87. The van der Waals surface area contributed by atoms with E-state index in [1.165, 1.54) is 5.56 Å². The fourth-order valence-electron chi connectivity index (χ4n) is 1.94. The molecule has 0 spiro atoms. The van der Waals surface area contributed by atoms with E-state index in [2.05, 4.69) is 31.8 Å². The summed E-state index contributed by atoms with van der Waals surface area (Å²) in [5, 5.41) is 0. The van der Waals surface area contributed by atoms with Crippen molar-refractivity contribution in [2.75, 3.05) is 0 Å². The Morgan fingerprint density at radius 1 is 1.31 bits per heavy atom. The van der Waals surface area contributed by atoms with Crippen LogP contribution in [0.2, 0.25) is 0 Å². The standard InChI is InChI=1S/C13H16N2O/c1-13(2,3)9-6-5-7-10-12(9)14-11(8-16)15(10)4/h5-8H,1-4H3. The highest BCUT2D eigenvalue weighted by atomic mass is 16.1. The number of hydrogen-bond acceptors (Lipinski definition) is 2. The number of nitrogens with zero attached hydrogens (tertiary/aromatic N) is 2. The Bertz CT molecular complexity index is 547. The molecule has 0 aliphatic heterocycles. The fourth-order valence-corrected chi connectivity index (χ4v) is 1.94. The first-order chi connectivity index (χ1) is 7.45. The summed E-state index contributed by atoms with van der Waals surface area (Å²) in [6.07, 6.45) is 0.798. The number of aromatic nitrogens is 2. The molecule has 0 bridgehead atoms. The van der Waals surface area contributed by atoms with Crippen LogP contribution in [0.4, 0.5) is 0 Å². The van der Waals surface area contributed by atoms with Crippen molar-refractivity contribution in [2.24, 2.45) is 7.05 Å². The first-order valence-corrected chi connectivity index (χ1v) is 5.36. The van der Waals surface area contributed by atoms with Gasteiger partial charge in [-0.15, -0.1) is 0 Å². The zero-order chi connectivity index (χ0) is 11.9. The molecule has 16 heavy (non-hydrogen) atoms. The van der Waals surface area contributed by atoms with Gasteiger partial charge in [0, 0.05) is 7.05 Å². The topological polar surface area (TPSA) is 34.9 Å². The van der Waals surface area contributed by atoms with Crippen molar-refractivity contribution in [2.45, 2.75) is 26.2 Å². The van der Waals surface area contributed by atoms with Gasteiger partial charge in [-0.25, -0.2) is 4.98 Å². The number of para-hydroxylation sites is 1. The smallest absolute Gasteiger partial charge is 0.185 e. The lowest BCUT2D eigenvalue weighted by atomic mass is 9.86. The number of benzene rings is 1. The maximum Gasteiger partial charge on any atom is 0.185 e. The van der Waals surface area contributed by atoms with Crippen LogP contribution >= 0.6 is 0 Å². The van der Waals surface area contributed by atoms with Crippen molar-refractivity contribution in [1.29, 1.82) is 0 Å². The SMILES string of the molecule is Cn1c(C=O)nc2c(C(C)(C)C)cccc21. The fraction of sp³-hybridized carbons (Fsp3) is 0.385. The van der Waals surface area contributed by atoms with Crippen LogP contribution in [0.15, 0.2) is 18.2 Å². The minimum atomic E-state index is 0.0357. The molecule has 2 aromatic rings. The Balaban J connectivity index is 2.84. The van der Waals surface area contributed by atoms with Crippen LogP contribution in [0.5, 0.6) is 0 Å². The summed E-state index contributed by atoms with van der Waals surface area (Å²) >= 11 is 0. The lowest BCUT2D eigenvalue weighted by molar-refractivity contribution is 0.111. The molecule has 0 fully saturated rings. The van der Waals surface area contributed by atoms with Crippen LogP contribution in [-0.2, 0) is 12.5 Å². The molecule has 1 aromatic heterocycles. The van der Waals surface area contributed by atoms with Gasteiger partial charge in [-0.1, -0.05) is 32.9 Å². The monoisotopic (exact) mass is 216 g/mol. The van der Waals surface area contributed by atoms with Crippen molar-refractivity contribution < 1.29 is 4.79 Å². The van der Waals surface area contributed by atoms with E-state index in [0.29, 0.717) is 5.82 Å². The molecule has 3 nitrogen and oxygen atoms in total. The molecule has 0 aliphatic rings. The molecule has 2 rings (SSSR count). The number of rotatable bonds is 1. The third kappa shape index (κ3) is 1.52. The maximum atomic E-state index is 10.9. The summed E-state index contributed by atoms with van der Waals surface area (Å²) in [5.41, 5.74) is 3.15. The summed E-state index contributed by atoms with van der Waals surface area (Å²) in [4.78, 5) is 15.3. The molecule has 1 aromatic carbocycles. The van der Waals surface area contributed by atoms with Crippen LogP contribution in [0.3, 0.4) is 0 Å². The average Bonchev–Trinajstić information content (AvgIpc) is 2.54. The van der Waals surface area contributed by atoms with Crippen molar-refractivity contribution >= 4 is 17.3 Å². The molecule has 0 N–H and O–H groups in total. The molecule has 0 radical (unpaired) electrons. The van der Waals surface area contributed by atoms with Crippen molar-refractivity contribution in [3.8, 4) is 0 Å². The molecule has 0 saturated carbocycles. The van der Waals surface area contributed by atoms with Gasteiger partial charge in [-0.3, -0.25) is 4.79 Å². The van der Waals surface area contributed by atoms with E-state index < -0.39 is 0 Å². The Morgan fingerprint density at radius 2 is 2.00 bits per heavy atom. The van der Waals surface area contributed by atoms with E-state index in [9.17, 15) is 4.79 Å². The van der Waals surface area contributed by atoms with Gasteiger partial charge in [0.1, 0.15) is 0 Å². The zero-order valence-corrected chi connectivity index (χ0v) is 10.1. The summed E-state index contributed by atoms with van der Waals surface area (Å²) in [6.45, 7) is 6.45. The molecule has 0 amide bonds. The normalized spacial score (nSPS) is 12.0. The molecule has 0 aliphatic carbocycles. The Kier molecular flexibility index (Phi) is 2.34. The first kappa shape index (κ1) is 10.9. The van der Waals surface area contributed by atoms with Gasteiger partial charge in [0.15, 0.2) is 12.1 Å². The van der Waals surface area contributed by atoms with Crippen LogP contribution in [0, 0.1) is 0 Å². The second-order valence-electron chi connectivity index (χ2n) is 5.07. The molecule has 0 saturated heterocycles. The van der Waals surface area contributed by atoms with Crippen molar-refractivity contribution in [3.05, 3.63) is 29.6 Å². The number of carbonyl (C=O) groups excluding carboxylic acids is 1. The third-order valence-electron chi connectivity index (χ3n) is 2.86. The number of imidazole rings is 1. The van der Waals surface area contributed by atoms with Gasteiger partial charge < -0.3 is 4.57 Å². The lowest BCUT2D eigenvalue weighted by Crippen LogP contribution is -2.11. The largest absolute Gasteiger partial charge is 0.325 e. The quantitative estimate of drug-likeness (QED) is 0.687. The molecule has 1 heterocycles. The van der Waals surface area contributed by atoms with Crippen molar-refractivity contribution in [3.63, 3.8) is 0 Å². The van der Waals surface area contributed by atoms with E-state index in [0.717, 1.165) is 17.3 Å². The summed E-state index contributed by atoms with van der Waals surface area (Å²) in [6, 6.07) is 6.08. The van der Waals surface area contributed by atoms with Crippen LogP contribution in [0.1, 0.15) is 37.0 Å². The molecule has 3 heteroatoms. The predicted molar refractivity (Wildman–Crippen MR) is 64.8 cm³/mol. The zero-order valence-electron chi connectivity index (χ0n) is 10.1. The Labute approximate surface area is 95.1 Å². The number of hydrogen-bond donors (Lipinski definition) is 0. The predicted octanol–water partition coefficient (Wildman–Crippen LogP) is 2.68. The van der Waals surface area contributed by atoms with Gasteiger partial charge >= 0.3 is 0 Å². The van der Waals surface area contributed by atoms with Crippen molar-refractivity contribution in [1.82, 2.24) is 9.55 Å². The average molecular weight is 216 g/mol. The third-order valence-corrected chi connectivity index (χ3v) is 2.86. The summed E-state index contributed by atoms with van der Waals surface area (Å²) < 4.78 is 1.83. The van der Waals surface area contributed by atoms with E-state index in [-0.39, 0.29) is 5.41 Å².